The Balaban J connectivity index is 0.780. The average Bonchev–Trinajstić information content (AvgIpc) is 3.36. The minimum absolute atomic E-state index is 0.0640. The predicted molar refractivity (Wildman–Crippen MR) is 253 cm³/mol. The second-order valence-corrected chi connectivity index (χ2v) is 16.8. The molecule has 0 saturated carbocycles. The molecule has 7 aromatic rings. The first kappa shape index (κ1) is 45.5. The molecule has 12 nitrogen and oxygen atoms in total. The fourth-order valence-electron chi connectivity index (χ4n) is 8.32. The smallest absolute Gasteiger partial charge is 0.347 e. The standard InChI is InChI=1S/C54H54N4O8/c59-48-25-23-46(47-24-26-50(61)57-51(47)48)49(60)33-55-31-37-15-17-42(18-16-37)52(62)56-32-38-11-13-40(14-12-38)35-65-45-21-19-44(20-22-45)54(64,43-9-5-2-6-10-43)53(63)66-36-41-27-29-58(30-28-41)34-39-7-3-1-4-8-39/h1-26,41,49,55,59-60,64H,27-36H2,(H,56,62)(H,57,61). The molecule has 6 aromatic carbocycles. The topological polar surface area (TPSA) is 173 Å². The molecule has 1 aliphatic rings. The number of aliphatic hydroxyl groups is 2. The van der Waals surface area contributed by atoms with E-state index in [0.29, 0.717) is 46.5 Å². The molecule has 1 aromatic heterocycles. The van der Waals surface area contributed by atoms with E-state index >= 15 is 0 Å². The van der Waals surface area contributed by atoms with Crippen LogP contribution in [0.1, 0.15) is 68.2 Å². The lowest BCUT2D eigenvalue weighted by atomic mass is 9.86. The lowest BCUT2D eigenvalue weighted by molar-refractivity contribution is -0.164. The normalized spacial score (nSPS) is 14.6. The fourth-order valence-corrected chi connectivity index (χ4v) is 8.32. The van der Waals surface area contributed by atoms with E-state index in [4.69, 9.17) is 9.47 Å². The molecule has 338 valence electrons. The van der Waals surface area contributed by atoms with Gasteiger partial charge in [-0.25, -0.2) is 4.79 Å². The second-order valence-electron chi connectivity index (χ2n) is 16.8. The first-order chi connectivity index (χ1) is 32.1. The predicted octanol–water partition coefficient (Wildman–Crippen LogP) is 7.26. The van der Waals surface area contributed by atoms with Gasteiger partial charge in [0.15, 0.2) is 0 Å². The summed E-state index contributed by atoms with van der Waals surface area (Å²) in [5.74, 6) is -0.184. The van der Waals surface area contributed by atoms with Gasteiger partial charge in [0, 0.05) is 43.2 Å². The number of benzene rings is 6. The number of phenolic OH excluding ortho intramolecular Hbond substituents is 1. The van der Waals surface area contributed by atoms with E-state index in [1.165, 1.54) is 17.7 Å². The summed E-state index contributed by atoms with van der Waals surface area (Å²) in [6.45, 7) is 4.31. The number of rotatable bonds is 18. The van der Waals surface area contributed by atoms with E-state index in [2.05, 4.69) is 44.8 Å². The summed E-state index contributed by atoms with van der Waals surface area (Å²) < 4.78 is 11.9. The Hall–Kier alpha value is -7.09. The first-order valence-electron chi connectivity index (χ1n) is 22.3. The molecule has 1 aliphatic heterocycles. The van der Waals surface area contributed by atoms with Crippen LogP contribution in [-0.4, -0.2) is 63.3 Å². The molecule has 2 atom stereocenters. The largest absolute Gasteiger partial charge is 0.506 e. The van der Waals surface area contributed by atoms with Crippen molar-refractivity contribution in [3.05, 3.63) is 213 Å². The summed E-state index contributed by atoms with van der Waals surface area (Å²) in [5.41, 5.74) is 3.92. The SMILES string of the molecule is O=C(NCc1ccc(COc2ccc(C(O)(C(=O)OCC3CCN(Cc4ccccc4)CC3)c3ccccc3)cc2)cc1)c1ccc(CNCC(O)c2ccc(O)c3[nH]c(=O)ccc23)cc1. The van der Waals surface area contributed by atoms with Crippen molar-refractivity contribution in [1.29, 1.82) is 0 Å². The summed E-state index contributed by atoms with van der Waals surface area (Å²) >= 11 is 0. The molecule has 0 aliphatic carbocycles. The van der Waals surface area contributed by atoms with Crippen molar-refractivity contribution in [3.8, 4) is 11.5 Å². The number of aromatic nitrogens is 1. The van der Waals surface area contributed by atoms with Crippen LogP contribution in [0.3, 0.4) is 0 Å². The molecule has 0 radical (unpaired) electrons. The molecule has 2 unspecified atom stereocenters. The van der Waals surface area contributed by atoms with Crippen LogP contribution in [0.2, 0.25) is 0 Å². The van der Waals surface area contributed by atoms with Gasteiger partial charge < -0.3 is 40.4 Å². The molecule has 1 saturated heterocycles. The van der Waals surface area contributed by atoms with Crippen LogP contribution < -0.4 is 20.9 Å². The van der Waals surface area contributed by atoms with Crippen molar-refractivity contribution >= 4 is 22.8 Å². The lowest BCUT2D eigenvalue weighted by Crippen LogP contribution is -2.40. The van der Waals surface area contributed by atoms with E-state index in [1.54, 1.807) is 72.8 Å². The number of aromatic amines is 1. The van der Waals surface area contributed by atoms with Gasteiger partial charge in [0.2, 0.25) is 11.2 Å². The number of fused-ring (bicyclic) bond motifs is 1. The van der Waals surface area contributed by atoms with Gasteiger partial charge in [-0.2, -0.15) is 0 Å². The Morgan fingerprint density at radius 2 is 1.36 bits per heavy atom. The maximum absolute atomic E-state index is 13.8. The number of hydrogen-bond donors (Lipinski definition) is 6. The number of pyridine rings is 1. The number of amides is 1. The van der Waals surface area contributed by atoms with Crippen molar-refractivity contribution < 1.29 is 34.4 Å². The zero-order valence-corrected chi connectivity index (χ0v) is 36.6. The second kappa shape index (κ2) is 21.3. The van der Waals surface area contributed by atoms with Crippen LogP contribution in [0, 0.1) is 5.92 Å². The molecule has 0 spiro atoms. The van der Waals surface area contributed by atoms with Gasteiger partial charge in [0.05, 0.1) is 18.2 Å². The number of aromatic hydroxyl groups is 1. The number of likely N-dealkylation sites (tertiary alicyclic amines) is 1. The number of carbonyl (C=O) groups is 2. The summed E-state index contributed by atoms with van der Waals surface area (Å²) in [5, 5.41) is 39.8. The summed E-state index contributed by atoms with van der Waals surface area (Å²) in [7, 11) is 0. The lowest BCUT2D eigenvalue weighted by Gasteiger charge is -2.33. The van der Waals surface area contributed by atoms with Crippen molar-refractivity contribution in [2.24, 2.45) is 5.92 Å². The quantitative estimate of drug-likeness (QED) is 0.0482. The van der Waals surface area contributed by atoms with Crippen molar-refractivity contribution in [2.45, 2.75) is 50.8 Å². The monoisotopic (exact) mass is 886 g/mol. The summed E-state index contributed by atoms with van der Waals surface area (Å²) in [6, 6.07) is 47.2. The van der Waals surface area contributed by atoms with Crippen LogP contribution in [0.4, 0.5) is 0 Å². The molecule has 66 heavy (non-hydrogen) atoms. The third kappa shape index (κ3) is 11.2. The number of piperidine rings is 1. The zero-order chi connectivity index (χ0) is 45.9. The number of nitrogens with one attached hydrogen (secondary N) is 3. The van der Waals surface area contributed by atoms with Gasteiger partial charge in [-0.1, -0.05) is 115 Å². The fraction of sp³-hybridized carbons (Fsp3) is 0.241. The first-order valence-corrected chi connectivity index (χ1v) is 22.3. The number of aliphatic hydroxyl groups excluding tert-OH is 1. The number of carbonyl (C=O) groups excluding carboxylic acids is 2. The van der Waals surface area contributed by atoms with Crippen molar-refractivity contribution in [2.75, 3.05) is 26.2 Å². The highest BCUT2D eigenvalue weighted by atomic mass is 16.5. The summed E-state index contributed by atoms with van der Waals surface area (Å²) in [4.78, 5) is 43.5. The maximum atomic E-state index is 13.8. The van der Waals surface area contributed by atoms with Crippen molar-refractivity contribution in [3.63, 3.8) is 0 Å². The number of phenols is 1. The average molecular weight is 887 g/mol. The van der Waals surface area contributed by atoms with Crippen LogP contribution >= 0.6 is 0 Å². The van der Waals surface area contributed by atoms with Crippen LogP contribution in [-0.2, 0) is 41.4 Å². The highest BCUT2D eigenvalue weighted by molar-refractivity contribution is 5.94. The van der Waals surface area contributed by atoms with Gasteiger partial charge in [-0.05, 0) is 107 Å². The zero-order valence-electron chi connectivity index (χ0n) is 36.6. The Bertz CT molecular complexity index is 2760. The van der Waals surface area contributed by atoms with E-state index in [0.717, 1.165) is 49.2 Å². The number of hydrogen-bond acceptors (Lipinski definition) is 10. The summed E-state index contributed by atoms with van der Waals surface area (Å²) in [6.07, 6.45) is 0.946. The van der Waals surface area contributed by atoms with Crippen LogP contribution in [0.5, 0.6) is 11.5 Å². The highest BCUT2D eigenvalue weighted by Gasteiger charge is 2.42. The molecule has 1 fully saturated rings. The Morgan fingerprint density at radius 3 is 2.08 bits per heavy atom. The van der Waals surface area contributed by atoms with Gasteiger partial charge in [-0.15, -0.1) is 0 Å². The van der Waals surface area contributed by atoms with Gasteiger partial charge in [0.1, 0.15) is 18.1 Å². The van der Waals surface area contributed by atoms with Gasteiger partial charge in [0.25, 0.3) is 5.91 Å². The van der Waals surface area contributed by atoms with Crippen molar-refractivity contribution in [1.82, 2.24) is 20.5 Å². The van der Waals surface area contributed by atoms with Gasteiger partial charge in [-0.3, -0.25) is 14.5 Å². The van der Waals surface area contributed by atoms with E-state index in [9.17, 15) is 29.7 Å². The molecule has 12 heteroatoms. The number of ether oxygens (including phenoxy) is 2. The minimum atomic E-state index is -2.00. The number of nitrogens with zero attached hydrogens (tertiary/aromatic N) is 1. The molecule has 8 rings (SSSR count). The van der Waals surface area contributed by atoms with E-state index < -0.39 is 17.7 Å². The molecular weight excluding hydrogens is 833 g/mol. The van der Waals surface area contributed by atoms with E-state index in [1.807, 2.05) is 48.5 Å². The maximum Gasteiger partial charge on any atom is 0.347 e. The third-order valence-corrected chi connectivity index (χ3v) is 12.2. The van der Waals surface area contributed by atoms with Gasteiger partial charge >= 0.3 is 5.97 Å². The number of esters is 1. The molecule has 1 amide bonds. The molecule has 2 heterocycles. The van der Waals surface area contributed by atoms with Crippen LogP contribution in [0.25, 0.3) is 10.9 Å². The molecule has 6 N–H and O–H groups in total. The Kier molecular flexibility index (Phi) is 14.7. The number of H-pyrrole nitrogens is 1. The Morgan fingerprint density at radius 1 is 0.727 bits per heavy atom. The Labute approximate surface area is 383 Å². The van der Waals surface area contributed by atoms with E-state index in [-0.39, 0.29) is 48.4 Å². The molecular formula is C54H54N4O8. The minimum Gasteiger partial charge on any atom is -0.506 e. The highest BCUT2D eigenvalue weighted by Crippen LogP contribution is 2.34. The van der Waals surface area contributed by atoms with Crippen LogP contribution in [0.15, 0.2) is 163 Å². The third-order valence-electron chi connectivity index (χ3n) is 12.2. The molecule has 0 bridgehead atoms.